The first kappa shape index (κ1) is 16.8. The Bertz CT molecular complexity index is 607. The first-order chi connectivity index (χ1) is 10.2. The molecule has 2 heterocycles. The van der Waals surface area contributed by atoms with Gasteiger partial charge in [0.25, 0.3) is 0 Å². The zero-order chi connectivity index (χ0) is 16.5. The molecule has 0 spiro atoms. The van der Waals surface area contributed by atoms with Crippen molar-refractivity contribution in [2.24, 2.45) is 0 Å². The molecule has 2 aromatic heterocycles. The third-order valence-electron chi connectivity index (χ3n) is 4.24. The molecule has 2 rings (SSSR count). The molecule has 4 nitrogen and oxygen atoms in total. The number of imidazole rings is 1. The second kappa shape index (κ2) is 6.27. The first-order valence-corrected chi connectivity index (χ1v) is 8.20. The van der Waals surface area contributed by atoms with Gasteiger partial charge >= 0.3 is 0 Å². The number of oxazole rings is 1. The molecule has 22 heavy (non-hydrogen) atoms. The molecule has 0 aliphatic rings. The van der Waals surface area contributed by atoms with Crippen LogP contribution in [0, 0.1) is 0 Å². The Hall–Kier alpha value is -1.58. The average Bonchev–Trinajstić information content (AvgIpc) is 3.08. The van der Waals surface area contributed by atoms with Crippen molar-refractivity contribution in [3.05, 3.63) is 36.1 Å². The maximum absolute atomic E-state index is 5.57. The molecular weight excluding hydrogens is 274 g/mol. The summed E-state index contributed by atoms with van der Waals surface area (Å²) in [6, 6.07) is 0. The highest BCUT2D eigenvalue weighted by Gasteiger charge is 2.26. The second-order valence-electron chi connectivity index (χ2n) is 7.54. The van der Waals surface area contributed by atoms with Gasteiger partial charge < -0.3 is 8.98 Å². The van der Waals surface area contributed by atoms with Gasteiger partial charge in [0.15, 0.2) is 5.89 Å². The van der Waals surface area contributed by atoms with Crippen molar-refractivity contribution in [3.8, 4) is 0 Å². The van der Waals surface area contributed by atoms with E-state index in [9.17, 15) is 0 Å². The topological polar surface area (TPSA) is 43.9 Å². The summed E-state index contributed by atoms with van der Waals surface area (Å²) in [5.74, 6) is 1.95. The van der Waals surface area contributed by atoms with Gasteiger partial charge in [-0.15, -0.1) is 0 Å². The summed E-state index contributed by atoms with van der Waals surface area (Å²) in [5, 5.41) is 0. The summed E-state index contributed by atoms with van der Waals surface area (Å²) in [5.41, 5.74) is 2.18. The van der Waals surface area contributed by atoms with Crippen LogP contribution >= 0.6 is 0 Å². The van der Waals surface area contributed by atoms with Crippen LogP contribution in [0.2, 0.25) is 0 Å². The van der Waals surface area contributed by atoms with E-state index in [0.717, 1.165) is 23.7 Å². The van der Waals surface area contributed by atoms with Gasteiger partial charge in [-0.2, -0.15) is 0 Å². The monoisotopic (exact) mass is 303 g/mol. The van der Waals surface area contributed by atoms with Crippen LogP contribution in [0.25, 0.3) is 0 Å². The van der Waals surface area contributed by atoms with Gasteiger partial charge in [0, 0.05) is 23.6 Å². The summed E-state index contributed by atoms with van der Waals surface area (Å²) in [6.07, 6.45) is 6.92. The van der Waals surface area contributed by atoms with E-state index in [0.29, 0.717) is 17.8 Å². The van der Waals surface area contributed by atoms with E-state index >= 15 is 0 Å². The standard InChI is InChI=1S/C18H29N3O/c1-12(2)15-9-21(11-19-15)18(6,7)8-14(5)16-10-22-17(20-16)13(3)4/h9-14H,8H2,1-7H3. The molecule has 0 radical (unpaired) electrons. The molecule has 4 heteroatoms. The van der Waals surface area contributed by atoms with Crippen LogP contribution in [0.5, 0.6) is 0 Å². The minimum absolute atomic E-state index is 0.00347. The van der Waals surface area contributed by atoms with Crippen molar-refractivity contribution >= 4 is 0 Å². The third kappa shape index (κ3) is 3.60. The highest BCUT2D eigenvalue weighted by molar-refractivity contribution is 5.08. The van der Waals surface area contributed by atoms with Gasteiger partial charge in [-0.1, -0.05) is 34.6 Å². The second-order valence-corrected chi connectivity index (χ2v) is 7.54. The molecule has 2 aromatic rings. The van der Waals surface area contributed by atoms with E-state index in [1.807, 2.05) is 12.6 Å². The van der Waals surface area contributed by atoms with Gasteiger partial charge in [-0.05, 0) is 26.2 Å². The summed E-state index contributed by atoms with van der Waals surface area (Å²) in [7, 11) is 0. The van der Waals surface area contributed by atoms with Crippen molar-refractivity contribution in [2.45, 2.75) is 78.2 Å². The molecule has 0 saturated carbocycles. The fraction of sp³-hybridized carbons (Fsp3) is 0.667. The predicted octanol–water partition coefficient (Wildman–Crippen LogP) is 5.05. The summed E-state index contributed by atoms with van der Waals surface area (Å²) >= 11 is 0. The summed E-state index contributed by atoms with van der Waals surface area (Å²) in [4.78, 5) is 9.15. The highest BCUT2D eigenvalue weighted by Crippen LogP contribution is 2.31. The molecule has 0 saturated heterocycles. The van der Waals surface area contributed by atoms with Gasteiger partial charge in [0.2, 0.25) is 0 Å². The third-order valence-corrected chi connectivity index (χ3v) is 4.24. The zero-order valence-electron chi connectivity index (χ0n) is 14.9. The lowest BCUT2D eigenvalue weighted by Crippen LogP contribution is -2.27. The SMILES string of the molecule is CC(C)c1cn(C(C)(C)CC(C)c2coc(C(C)C)n2)cn1. The smallest absolute Gasteiger partial charge is 0.196 e. The fourth-order valence-electron chi connectivity index (χ4n) is 2.72. The fourth-order valence-corrected chi connectivity index (χ4v) is 2.72. The van der Waals surface area contributed by atoms with E-state index in [1.165, 1.54) is 0 Å². The first-order valence-electron chi connectivity index (χ1n) is 8.20. The molecule has 0 fully saturated rings. The highest BCUT2D eigenvalue weighted by atomic mass is 16.3. The Morgan fingerprint density at radius 3 is 2.27 bits per heavy atom. The van der Waals surface area contributed by atoms with Gasteiger partial charge in [-0.3, -0.25) is 0 Å². The molecule has 1 unspecified atom stereocenters. The quantitative estimate of drug-likeness (QED) is 0.750. The van der Waals surface area contributed by atoms with E-state index < -0.39 is 0 Å². The normalized spacial score (nSPS) is 14.0. The summed E-state index contributed by atoms with van der Waals surface area (Å²) < 4.78 is 7.80. The van der Waals surface area contributed by atoms with Crippen LogP contribution in [0.3, 0.4) is 0 Å². The van der Waals surface area contributed by atoms with E-state index in [4.69, 9.17) is 4.42 Å². The molecule has 1 atom stereocenters. The Kier molecular flexibility index (Phi) is 4.78. The minimum atomic E-state index is -0.00347. The zero-order valence-corrected chi connectivity index (χ0v) is 14.9. The number of rotatable bonds is 6. The molecule has 0 aliphatic carbocycles. The summed E-state index contributed by atoms with van der Waals surface area (Å²) in [6.45, 7) is 15.3. The molecular formula is C18H29N3O. The number of nitrogens with zero attached hydrogens (tertiary/aromatic N) is 3. The molecule has 0 amide bonds. The van der Waals surface area contributed by atoms with Gasteiger partial charge in [-0.25, -0.2) is 9.97 Å². The Morgan fingerprint density at radius 1 is 1.09 bits per heavy atom. The maximum atomic E-state index is 5.57. The number of hydrogen-bond donors (Lipinski definition) is 0. The van der Waals surface area contributed by atoms with Crippen molar-refractivity contribution in [1.29, 1.82) is 0 Å². The van der Waals surface area contributed by atoms with E-state index in [2.05, 4.69) is 69.2 Å². The Morgan fingerprint density at radius 2 is 1.77 bits per heavy atom. The van der Waals surface area contributed by atoms with Crippen LogP contribution in [0.4, 0.5) is 0 Å². The van der Waals surface area contributed by atoms with Crippen LogP contribution in [0.15, 0.2) is 23.2 Å². The lowest BCUT2D eigenvalue weighted by atomic mass is 9.90. The molecule has 0 bridgehead atoms. The Balaban J connectivity index is 2.12. The van der Waals surface area contributed by atoms with Crippen LogP contribution in [0.1, 0.15) is 89.9 Å². The predicted molar refractivity (Wildman–Crippen MR) is 89.3 cm³/mol. The lowest BCUT2D eigenvalue weighted by molar-refractivity contribution is 0.303. The van der Waals surface area contributed by atoms with Crippen LogP contribution in [-0.4, -0.2) is 14.5 Å². The van der Waals surface area contributed by atoms with Crippen LogP contribution < -0.4 is 0 Å². The molecule has 122 valence electrons. The lowest BCUT2D eigenvalue weighted by Gasteiger charge is -2.29. The van der Waals surface area contributed by atoms with Crippen molar-refractivity contribution < 1.29 is 4.42 Å². The minimum Gasteiger partial charge on any atom is -0.448 e. The van der Waals surface area contributed by atoms with Crippen molar-refractivity contribution in [1.82, 2.24) is 14.5 Å². The number of aromatic nitrogens is 3. The van der Waals surface area contributed by atoms with Crippen LogP contribution in [-0.2, 0) is 5.54 Å². The van der Waals surface area contributed by atoms with Crippen molar-refractivity contribution in [2.75, 3.05) is 0 Å². The number of hydrogen-bond acceptors (Lipinski definition) is 3. The molecule has 0 aliphatic heterocycles. The van der Waals surface area contributed by atoms with Crippen molar-refractivity contribution in [3.63, 3.8) is 0 Å². The molecule has 0 N–H and O–H groups in total. The van der Waals surface area contributed by atoms with Gasteiger partial charge in [0.1, 0.15) is 6.26 Å². The Labute approximate surface area is 134 Å². The maximum Gasteiger partial charge on any atom is 0.196 e. The van der Waals surface area contributed by atoms with Gasteiger partial charge in [0.05, 0.1) is 17.7 Å². The average molecular weight is 303 g/mol. The van der Waals surface area contributed by atoms with E-state index in [-0.39, 0.29) is 5.54 Å². The largest absolute Gasteiger partial charge is 0.448 e. The molecule has 0 aromatic carbocycles. The van der Waals surface area contributed by atoms with E-state index in [1.54, 1.807) is 0 Å².